The predicted octanol–water partition coefficient (Wildman–Crippen LogP) is 3.40. The van der Waals surface area contributed by atoms with E-state index in [0.29, 0.717) is 15.9 Å². The van der Waals surface area contributed by atoms with E-state index >= 15 is 0 Å². The molecule has 0 aliphatic heterocycles. The van der Waals surface area contributed by atoms with Crippen LogP contribution in [0, 0.1) is 0 Å². The van der Waals surface area contributed by atoms with E-state index in [2.05, 4.69) is 20.9 Å². The number of nitrogens with zero attached hydrogens (tertiary/aromatic N) is 1. The lowest BCUT2D eigenvalue weighted by Crippen LogP contribution is -2.07. The molecule has 6 heteroatoms. The van der Waals surface area contributed by atoms with Crippen molar-refractivity contribution in [2.45, 2.75) is 6.92 Å². The Morgan fingerprint density at radius 1 is 1.40 bits per heavy atom. The number of ether oxygens (including phenoxy) is 2. The van der Waals surface area contributed by atoms with Gasteiger partial charge in [0, 0.05) is 18.0 Å². The van der Waals surface area contributed by atoms with Crippen LogP contribution in [0.15, 0.2) is 41.0 Å². The number of nitrogens with two attached hydrogens (primary N) is 1. The van der Waals surface area contributed by atoms with Gasteiger partial charge in [0.25, 0.3) is 0 Å². The molecule has 104 valence electrons. The van der Waals surface area contributed by atoms with Gasteiger partial charge in [-0.3, -0.25) is 0 Å². The molecule has 1 aromatic carbocycles. The molecule has 0 radical (unpaired) electrons. The standard InChI is InChI=1S/C14H13BrN2O3/c1-2-19-14(18)10-4-3-7-17-13(10)20-12-8-9(16)5-6-11(12)15/h3-8H,2,16H2,1H3. The molecule has 0 saturated carbocycles. The lowest BCUT2D eigenvalue weighted by atomic mass is 10.2. The smallest absolute Gasteiger partial charge is 0.343 e. The Morgan fingerprint density at radius 2 is 2.20 bits per heavy atom. The Kier molecular flexibility index (Phi) is 4.57. The molecule has 5 nitrogen and oxygen atoms in total. The monoisotopic (exact) mass is 336 g/mol. The maximum atomic E-state index is 11.8. The van der Waals surface area contributed by atoms with E-state index in [0.717, 1.165) is 0 Å². The van der Waals surface area contributed by atoms with Crippen molar-refractivity contribution in [2.24, 2.45) is 0 Å². The maximum Gasteiger partial charge on any atom is 0.343 e. The van der Waals surface area contributed by atoms with Crippen LogP contribution in [0.5, 0.6) is 11.6 Å². The van der Waals surface area contributed by atoms with Crippen LogP contribution in [-0.4, -0.2) is 17.6 Å². The highest BCUT2D eigenvalue weighted by Gasteiger charge is 2.16. The summed E-state index contributed by atoms with van der Waals surface area (Å²) in [7, 11) is 0. The van der Waals surface area contributed by atoms with Gasteiger partial charge >= 0.3 is 5.97 Å². The molecule has 0 aliphatic carbocycles. The van der Waals surface area contributed by atoms with Gasteiger partial charge in [-0.15, -0.1) is 0 Å². The van der Waals surface area contributed by atoms with Crippen LogP contribution in [0.3, 0.4) is 0 Å². The summed E-state index contributed by atoms with van der Waals surface area (Å²) in [5, 5.41) is 0. The molecule has 2 aromatic rings. The van der Waals surface area contributed by atoms with Gasteiger partial charge < -0.3 is 15.2 Å². The molecule has 1 aromatic heterocycles. The van der Waals surface area contributed by atoms with Crippen molar-refractivity contribution < 1.29 is 14.3 Å². The molecule has 0 bridgehead atoms. The molecule has 0 atom stereocenters. The Balaban J connectivity index is 2.34. The Hall–Kier alpha value is -2.08. The number of halogens is 1. The number of nitrogen functional groups attached to an aromatic ring is 1. The van der Waals surface area contributed by atoms with E-state index in [4.69, 9.17) is 15.2 Å². The summed E-state index contributed by atoms with van der Waals surface area (Å²) in [4.78, 5) is 15.9. The second-order valence-electron chi connectivity index (χ2n) is 3.87. The number of carbonyl (C=O) groups is 1. The van der Waals surface area contributed by atoms with Gasteiger partial charge in [0.2, 0.25) is 5.88 Å². The summed E-state index contributed by atoms with van der Waals surface area (Å²) >= 11 is 3.36. The first kappa shape index (κ1) is 14.3. The first-order valence-corrected chi connectivity index (χ1v) is 6.76. The number of hydrogen-bond acceptors (Lipinski definition) is 5. The first-order chi connectivity index (χ1) is 9.61. The maximum absolute atomic E-state index is 11.8. The van der Waals surface area contributed by atoms with Crippen molar-refractivity contribution in [1.82, 2.24) is 4.98 Å². The number of esters is 1. The van der Waals surface area contributed by atoms with E-state index in [-0.39, 0.29) is 18.1 Å². The highest BCUT2D eigenvalue weighted by atomic mass is 79.9. The molecule has 1 heterocycles. The third kappa shape index (κ3) is 3.27. The number of carbonyl (C=O) groups excluding carboxylic acids is 1. The quantitative estimate of drug-likeness (QED) is 0.684. The summed E-state index contributed by atoms with van der Waals surface area (Å²) < 4.78 is 11.3. The van der Waals surface area contributed by atoms with Gasteiger partial charge in [-0.1, -0.05) is 0 Å². The summed E-state index contributed by atoms with van der Waals surface area (Å²) in [6.45, 7) is 2.03. The van der Waals surface area contributed by atoms with Gasteiger partial charge in [-0.05, 0) is 47.1 Å². The first-order valence-electron chi connectivity index (χ1n) is 5.97. The molecule has 0 fully saturated rings. The number of pyridine rings is 1. The molecule has 0 saturated heterocycles. The largest absolute Gasteiger partial charge is 0.462 e. The van der Waals surface area contributed by atoms with Gasteiger partial charge in [0.15, 0.2) is 0 Å². The Bertz CT molecular complexity index is 632. The van der Waals surface area contributed by atoms with E-state index in [1.165, 1.54) is 6.20 Å². The minimum atomic E-state index is -0.476. The zero-order valence-corrected chi connectivity index (χ0v) is 12.4. The predicted molar refractivity (Wildman–Crippen MR) is 78.8 cm³/mol. The SMILES string of the molecule is CCOC(=O)c1cccnc1Oc1cc(N)ccc1Br. The summed E-state index contributed by atoms with van der Waals surface area (Å²) in [5.74, 6) is 0.183. The number of anilines is 1. The lowest BCUT2D eigenvalue weighted by molar-refractivity contribution is 0.0522. The van der Waals surface area contributed by atoms with Crippen LogP contribution < -0.4 is 10.5 Å². The normalized spacial score (nSPS) is 10.1. The number of hydrogen-bond donors (Lipinski definition) is 1. The Morgan fingerprint density at radius 3 is 2.95 bits per heavy atom. The minimum Gasteiger partial charge on any atom is -0.462 e. The molecule has 0 aliphatic rings. The molecule has 20 heavy (non-hydrogen) atoms. The van der Waals surface area contributed by atoms with E-state index < -0.39 is 5.97 Å². The molecule has 0 unspecified atom stereocenters. The fourth-order valence-corrected chi connectivity index (χ4v) is 1.87. The molecule has 2 rings (SSSR count). The average Bonchev–Trinajstić information content (AvgIpc) is 2.44. The summed E-state index contributed by atoms with van der Waals surface area (Å²) in [5.41, 5.74) is 6.53. The van der Waals surface area contributed by atoms with Gasteiger partial charge in [0.05, 0.1) is 11.1 Å². The summed E-state index contributed by atoms with van der Waals surface area (Å²) in [6, 6.07) is 8.39. The van der Waals surface area contributed by atoms with Crippen molar-refractivity contribution in [3.8, 4) is 11.6 Å². The minimum absolute atomic E-state index is 0.178. The fraction of sp³-hybridized carbons (Fsp3) is 0.143. The molecular formula is C14H13BrN2O3. The second-order valence-corrected chi connectivity index (χ2v) is 4.72. The van der Waals surface area contributed by atoms with Crippen molar-refractivity contribution in [3.05, 3.63) is 46.6 Å². The highest BCUT2D eigenvalue weighted by molar-refractivity contribution is 9.10. The fourth-order valence-electron chi connectivity index (χ4n) is 1.54. The number of rotatable bonds is 4. The van der Waals surface area contributed by atoms with Gasteiger partial charge in [0.1, 0.15) is 11.3 Å². The van der Waals surface area contributed by atoms with E-state index in [1.807, 2.05) is 0 Å². The van der Waals surface area contributed by atoms with Gasteiger partial charge in [-0.2, -0.15) is 0 Å². The second kappa shape index (κ2) is 6.38. The van der Waals surface area contributed by atoms with Crippen LogP contribution in [-0.2, 0) is 4.74 Å². The van der Waals surface area contributed by atoms with Crippen LogP contribution in [0.4, 0.5) is 5.69 Å². The van der Waals surface area contributed by atoms with Crippen LogP contribution in [0.2, 0.25) is 0 Å². The zero-order valence-electron chi connectivity index (χ0n) is 10.8. The molecule has 0 spiro atoms. The molecule has 2 N–H and O–H groups in total. The average molecular weight is 337 g/mol. The van der Waals surface area contributed by atoms with Crippen LogP contribution in [0.25, 0.3) is 0 Å². The van der Waals surface area contributed by atoms with Crippen molar-refractivity contribution in [1.29, 1.82) is 0 Å². The molecule has 0 amide bonds. The van der Waals surface area contributed by atoms with Gasteiger partial charge in [-0.25, -0.2) is 9.78 Å². The molecular weight excluding hydrogens is 324 g/mol. The van der Waals surface area contributed by atoms with Crippen LogP contribution in [0.1, 0.15) is 17.3 Å². The number of aromatic nitrogens is 1. The zero-order chi connectivity index (χ0) is 14.5. The summed E-state index contributed by atoms with van der Waals surface area (Å²) in [6.07, 6.45) is 1.54. The topological polar surface area (TPSA) is 74.4 Å². The van der Waals surface area contributed by atoms with E-state index in [1.54, 1.807) is 37.3 Å². The lowest BCUT2D eigenvalue weighted by Gasteiger charge is -2.10. The van der Waals surface area contributed by atoms with Crippen LogP contribution >= 0.6 is 15.9 Å². The van der Waals surface area contributed by atoms with Crippen molar-refractivity contribution in [3.63, 3.8) is 0 Å². The van der Waals surface area contributed by atoms with Crippen molar-refractivity contribution >= 4 is 27.6 Å². The highest BCUT2D eigenvalue weighted by Crippen LogP contribution is 2.32. The van der Waals surface area contributed by atoms with E-state index in [9.17, 15) is 4.79 Å². The third-order valence-corrected chi connectivity index (χ3v) is 3.08. The number of benzene rings is 1. The Labute approximate surface area is 124 Å². The van der Waals surface area contributed by atoms with Crippen molar-refractivity contribution in [2.75, 3.05) is 12.3 Å². The third-order valence-electron chi connectivity index (χ3n) is 2.43.